The van der Waals surface area contributed by atoms with Crippen LogP contribution in [0.3, 0.4) is 0 Å². The van der Waals surface area contributed by atoms with Gasteiger partial charge in [0.15, 0.2) is 11.6 Å². The number of halogens is 2. The van der Waals surface area contributed by atoms with Crippen LogP contribution >= 0.6 is 0 Å². The number of carbonyl (C=O) groups excluding carboxylic acids is 2. The Balaban J connectivity index is 0.861. The van der Waals surface area contributed by atoms with Crippen LogP contribution in [0.4, 0.5) is 8.78 Å². The Kier molecular flexibility index (Phi) is 11.5. The molecule has 6 atom stereocenters. The molecular formula is C61H48F2N10O2. The van der Waals surface area contributed by atoms with E-state index in [-0.39, 0.29) is 52.1 Å². The number of hydrogen-bond donors (Lipinski definition) is 0. The third kappa shape index (κ3) is 7.65. The molecule has 8 aromatic rings. The van der Waals surface area contributed by atoms with Crippen molar-refractivity contribution in [2.45, 2.75) is 70.1 Å². The van der Waals surface area contributed by atoms with Crippen LogP contribution < -0.4 is 0 Å². The second kappa shape index (κ2) is 18.3. The van der Waals surface area contributed by atoms with E-state index in [0.29, 0.717) is 66.7 Å². The number of aromatic nitrogens is 8. The van der Waals surface area contributed by atoms with Gasteiger partial charge in [0, 0.05) is 68.4 Å². The molecule has 0 radical (unpaired) electrons. The van der Waals surface area contributed by atoms with E-state index in [4.69, 9.17) is 10.2 Å². The number of hydrogen-bond acceptors (Lipinski definition) is 10. The van der Waals surface area contributed by atoms with Gasteiger partial charge in [0.25, 0.3) is 0 Å². The summed E-state index contributed by atoms with van der Waals surface area (Å²) in [5.41, 5.74) is 9.53. The summed E-state index contributed by atoms with van der Waals surface area (Å²) in [6, 6.07) is 35.3. The highest BCUT2D eigenvalue weighted by molar-refractivity contribution is 6.03. The first-order chi connectivity index (χ1) is 36.4. The van der Waals surface area contributed by atoms with E-state index in [9.17, 15) is 20.1 Å². The van der Waals surface area contributed by atoms with Crippen molar-refractivity contribution in [3.63, 3.8) is 0 Å². The molecular weight excluding hydrogens is 943 g/mol. The number of nitriles is 2. The van der Waals surface area contributed by atoms with Gasteiger partial charge < -0.3 is 0 Å². The van der Waals surface area contributed by atoms with Crippen molar-refractivity contribution >= 4 is 11.6 Å². The minimum Gasteiger partial charge on any atom is -0.293 e. The fourth-order valence-electron chi connectivity index (χ4n) is 13.0. The van der Waals surface area contributed by atoms with Crippen molar-refractivity contribution in [2.75, 3.05) is 0 Å². The molecule has 0 fully saturated rings. The van der Waals surface area contributed by atoms with Gasteiger partial charge in [-0.15, -0.1) is 0 Å². The van der Waals surface area contributed by atoms with Crippen LogP contribution in [0.5, 0.6) is 0 Å². The molecule has 4 aromatic heterocycles. The van der Waals surface area contributed by atoms with Crippen LogP contribution in [0.1, 0.15) is 68.2 Å². The van der Waals surface area contributed by atoms with Gasteiger partial charge in [0.2, 0.25) is 0 Å². The molecule has 0 N–H and O–H groups in total. The molecule has 0 aliphatic heterocycles. The minimum absolute atomic E-state index is 0.0862. The Bertz CT molecular complexity index is 3790. The van der Waals surface area contributed by atoms with E-state index in [1.165, 1.54) is 18.5 Å². The quantitative estimate of drug-likeness (QED) is 0.136. The second-order valence-electron chi connectivity index (χ2n) is 20.6. The number of benzene rings is 4. The first-order valence-corrected chi connectivity index (χ1v) is 25.3. The number of aryl methyl sites for hydroxylation is 1. The minimum atomic E-state index is -0.835. The van der Waals surface area contributed by atoms with Crippen molar-refractivity contribution in [1.82, 2.24) is 39.7 Å². The predicted molar refractivity (Wildman–Crippen MR) is 277 cm³/mol. The van der Waals surface area contributed by atoms with Crippen molar-refractivity contribution in [1.29, 1.82) is 10.5 Å². The molecule has 0 unspecified atom stereocenters. The summed E-state index contributed by atoms with van der Waals surface area (Å²) in [6.45, 7) is 6.03. The Hall–Kier alpha value is -8.88. The lowest BCUT2D eigenvalue weighted by atomic mass is 9.56. The molecule has 4 aromatic carbocycles. The predicted octanol–water partition coefficient (Wildman–Crippen LogP) is 11.2. The van der Waals surface area contributed by atoms with E-state index in [2.05, 4.69) is 46.2 Å². The normalized spacial score (nSPS) is 22.7. The van der Waals surface area contributed by atoms with Crippen molar-refractivity contribution in [3.8, 4) is 68.3 Å². The summed E-state index contributed by atoms with van der Waals surface area (Å²) in [4.78, 5) is 36.0. The van der Waals surface area contributed by atoms with Gasteiger partial charge in [-0.05, 0) is 116 Å². The zero-order chi connectivity index (χ0) is 51.8. The number of fused-ring (bicyclic) bond motifs is 6. The summed E-state index contributed by atoms with van der Waals surface area (Å²) in [5, 5.41) is 39.8. The molecule has 12 nitrogen and oxygen atoms in total. The monoisotopic (exact) mass is 990 g/mol. The Labute approximate surface area is 431 Å². The number of rotatable bonds is 9. The van der Waals surface area contributed by atoms with Gasteiger partial charge in [-0.2, -0.15) is 30.9 Å². The van der Waals surface area contributed by atoms with Gasteiger partial charge >= 0.3 is 0 Å². The highest BCUT2D eigenvalue weighted by Gasteiger charge is 2.53. The van der Waals surface area contributed by atoms with Crippen LogP contribution in [-0.2, 0) is 39.7 Å². The smallest absolute Gasteiger partial charge is 0.176 e. The first kappa shape index (κ1) is 47.1. The number of Topliss-reactive ketones (excluding diaryl/α,β-unsaturated/α-hetero) is 2. The van der Waals surface area contributed by atoms with Crippen molar-refractivity contribution in [2.24, 2.45) is 23.7 Å². The van der Waals surface area contributed by atoms with Gasteiger partial charge in [0.1, 0.15) is 30.1 Å². The lowest BCUT2D eigenvalue weighted by Crippen LogP contribution is -2.47. The van der Waals surface area contributed by atoms with E-state index in [0.717, 1.165) is 56.1 Å². The molecule has 14 heteroatoms. The molecule has 0 amide bonds. The average Bonchev–Trinajstić information content (AvgIpc) is 4.04. The highest BCUT2D eigenvalue weighted by Crippen LogP contribution is 2.55. The van der Waals surface area contributed by atoms with Crippen LogP contribution in [0, 0.1) is 58.0 Å². The van der Waals surface area contributed by atoms with Gasteiger partial charge in [-0.1, -0.05) is 81.5 Å². The third-order valence-electron chi connectivity index (χ3n) is 16.6. The van der Waals surface area contributed by atoms with Gasteiger partial charge in [0.05, 0.1) is 57.2 Å². The summed E-state index contributed by atoms with van der Waals surface area (Å²) < 4.78 is 34.9. The second-order valence-corrected chi connectivity index (χ2v) is 20.6. The first-order valence-electron chi connectivity index (χ1n) is 25.3. The molecule has 368 valence electrons. The number of nitrogens with zero attached hydrogens (tertiary/aromatic N) is 10. The Morgan fingerprint density at radius 1 is 0.640 bits per heavy atom. The lowest BCUT2D eigenvalue weighted by molar-refractivity contribution is -0.123. The zero-order valence-corrected chi connectivity index (χ0v) is 41.4. The molecule has 4 aliphatic rings. The number of allylic oxidation sites excluding steroid dienone is 4. The Morgan fingerprint density at radius 2 is 1.15 bits per heavy atom. The maximum atomic E-state index is 15.7. The summed E-state index contributed by atoms with van der Waals surface area (Å²) in [6.07, 6.45) is 13.5. The zero-order valence-electron chi connectivity index (χ0n) is 41.4. The third-order valence-corrected chi connectivity index (χ3v) is 16.6. The maximum absolute atomic E-state index is 15.7. The van der Waals surface area contributed by atoms with Crippen LogP contribution in [0.15, 0.2) is 151 Å². The highest BCUT2D eigenvalue weighted by atomic mass is 19.1. The standard InChI is InChI=1S/C61H48F2N10O2/c1-35-50-24-22-48-54(46-8-4-6-10-52(46)62)70-72(58(48)60(50,2)27-39(29-64)56(35)74)43-17-12-36(13-18-43)38-26-42(69-68-33-38)16-21-45-51-25-23-49-55(47-9-5-7-11-53(47)63)71-73(59(49)61(51,3)28-40(30-65)57(45)75)44-19-14-37(15-20-44)41-31-66-34-67-32-41/h4-15,17-20,26-28,31-35,45,50-51H,16,21-25H2,1-3H3/t35-,45-,50-,51-,60-,61-/m1/s1. The van der Waals surface area contributed by atoms with E-state index >= 15 is 8.78 Å². The number of carbonyl (C=O) groups is 2. The summed E-state index contributed by atoms with van der Waals surface area (Å²) in [7, 11) is 0. The summed E-state index contributed by atoms with van der Waals surface area (Å²) >= 11 is 0. The average molecular weight is 991 g/mol. The lowest BCUT2D eigenvalue weighted by Gasteiger charge is -2.46. The molecule has 0 bridgehead atoms. The largest absolute Gasteiger partial charge is 0.293 e. The fourth-order valence-corrected chi connectivity index (χ4v) is 13.0. The molecule has 4 aliphatic carbocycles. The summed E-state index contributed by atoms with van der Waals surface area (Å²) in [5.74, 6) is -2.34. The van der Waals surface area contributed by atoms with Gasteiger partial charge in [-0.25, -0.2) is 28.1 Å². The maximum Gasteiger partial charge on any atom is 0.176 e. The molecule has 75 heavy (non-hydrogen) atoms. The van der Waals surface area contributed by atoms with E-state index in [1.54, 1.807) is 61.1 Å². The molecule has 0 saturated heterocycles. The van der Waals surface area contributed by atoms with E-state index in [1.807, 2.05) is 77.0 Å². The topological polar surface area (TPSA) is 169 Å². The Morgan fingerprint density at radius 3 is 1.69 bits per heavy atom. The van der Waals surface area contributed by atoms with Crippen LogP contribution in [0.2, 0.25) is 0 Å². The van der Waals surface area contributed by atoms with E-state index < -0.39 is 16.7 Å². The SMILES string of the molecule is C[C@H]1C(=O)C(C#N)=C[C@@]2(C)c3c(c(-c4ccccc4F)nn3-c3ccc(-c4cnnc(CC[C@H]5C(=O)C(C#N)=C[C@@]6(C)c7c(c(-c8ccccc8F)nn7-c7ccc(-c8cncnc8)cc7)CC[C@H]56)c4)cc3)CC[C@H]12. The van der Waals surface area contributed by atoms with Crippen molar-refractivity contribution < 1.29 is 18.4 Å². The number of ketones is 2. The molecule has 0 spiro atoms. The fraction of sp³-hybridized carbons (Fsp3) is 0.246. The van der Waals surface area contributed by atoms with Gasteiger partial charge in [-0.3, -0.25) is 9.59 Å². The molecule has 0 saturated carbocycles. The van der Waals surface area contributed by atoms with Crippen LogP contribution in [0.25, 0.3) is 56.1 Å². The van der Waals surface area contributed by atoms with Crippen LogP contribution in [-0.4, -0.2) is 51.3 Å². The van der Waals surface area contributed by atoms with Crippen molar-refractivity contribution in [3.05, 3.63) is 191 Å². The molecule has 12 rings (SSSR count). The molecule has 4 heterocycles.